The zero-order valence-corrected chi connectivity index (χ0v) is 22.4. The Balaban J connectivity index is 1.22. The number of H-pyrrole nitrogens is 1. The van der Waals surface area contributed by atoms with Crippen molar-refractivity contribution in [3.63, 3.8) is 0 Å². The fraction of sp³-hybridized carbons (Fsp3) is 0.387. The number of aromatic nitrogens is 3. The van der Waals surface area contributed by atoms with Crippen LogP contribution in [0.3, 0.4) is 0 Å². The fourth-order valence-electron chi connectivity index (χ4n) is 5.11. The molecule has 0 bridgehead atoms. The van der Waals surface area contributed by atoms with Crippen LogP contribution in [0.4, 0.5) is 11.6 Å². The molecule has 1 atom stereocenters. The van der Waals surface area contributed by atoms with E-state index in [0.717, 1.165) is 40.4 Å². The van der Waals surface area contributed by atoms with E-state index in [0.29, 0.717) is 11.7 Å². The number of rotatable bonds is 11. The van der Waals surface area contributed by atoms with Crippen molar-refractivity contribution in [1.29, 1.82) is 0 Å². The molecule has 2 aliphatic rings. The number of hydrogen-bond acceptors (Lipinski definition) is 5. The molecule has 1 aliphatic heterocycles. The lowest BCUT2D eigenvalue weighted by molar-refractivity contribution is -0.118. The van der Waals surface area contributed by atoms with Crippen LogP contribution in [-0.4, -0.2) is 45.6 Å². The van der Waals surface area contributed by atoms with E-state index in [1.807, 2.05) is 42.6 Å². The molecule has 7 heteroatoms. The second-order valence-electron chi connectivity index (χ2n) is 10.8. The summed E-state index contributed by atoms with van der Waals surface area (Å²) in [6, 6.07) is 14.1. The summed E-state index contributed by atoms with van der Waals surface area (Å²) in [4.78, 5) is 20.3. The standard InChI is InChI=1S/C31H38N6O/c1-21(2)30(31(38)34-29-19-27(35-36-29)23-11-12-23)25-10-6-9-24(18-25)26-13-14-28(32-20-26)33-22(3)8-7-17-37-15-4-5-16-37/h6-10,13-14,18-21,23,30H,3-5,11-12,15-17H2,1-2H3,(H,32,33)(H2,34,35,36,38)/b8-7+. The molecule has 1 aromatic carbocycles. The van der Waals surface area contributed by atoms with Crippen molar-refractivity contribution in [3.8, 4) is 11.1 Å². The summed E-state index contributed by atoms with van der Waals surface area (Å²) < 4.78 is 0. The van der Waals surface area contributed by atoms with Crippen LogP contribution in [0.1, 0.15) is 62.6 Å². The van der Waals surface area contributed by atoms with E-state index < -0.39 is 0 Å². The average molecular weight is 511 g/mol. The maximum absolute atomic E-state index is 13.3. The summed E-state index contributed by atoms with van der Waals surface area (Å²) in [6.45, 7) is 11.6. The van der Waals surface area contributed by atoms with Crippen LogP contribution in [0.15, 0.2) is 73.1 Å². The quantitative estimate of drug-likeness (QED) is 0.263. The summed E-state index contributed by atoms with van der Waals surface area (Å²) in [5.74, 6) is 1.71. The Morgan fingerprint density at radius 3 is 2.63 bits per heavy atom. The van der Waals surface area contributed by atoms with Gasteiger partial charge in [-0.15, -0.1) is 0 Å². The first-order valence-corrected chi connectivity index (χ1v) is 13.7. The van der Waals surface area contributed by atoms with Crippen LogP contribution in [-0.2, 0) is 4.79 Å². The topological polar surface area (TPSA) is 85.9 Å². The van der Waals surface area contributed by atoms with Gasteiger partial charge in [0.05, 0.1) is 5.92 Å². The van der Waals surface area contributed by atoms with E-state index >= 15 is 0 Å². The van der Waals surface area contributed by atoms with Gasteiger partial charge in [0.25, 0.3) is 0 Å². The number of carbonyl (C=O) groups excluding carboxylic acids is 1. The molecule has 5 rings (SSSR count). The van der Waals surface area contributed by atoms with Gasteiger partial charge in [0.1, 0.15) is 5.82 Å². The Hall–Kier alpha value is -3.71. The molecule has 38 heavy (non-hydrogen) atoms. The lowest BCUT2D eigenvalue weighted by Gasteiger charge is -2.21. The largest absolute Gasteiger partial charge is 0.341 e. The monoisotopic (exact) mass is 510 g/mol. The van der Waals surface area contributed by atoms with Crippen LogP contribution in [0.25, 0.3) is 11.1 Å². The minimum absolute atomic E-state index is 0.0417. The number of pyridine rings is 1. The molecule has 2 aromatic heterocycles. The van der Waals surface area contributed by atoms with E-state index in [9.17, 15) is 4.79 Å². The number of amides is 1. The van der Waals surface area contributed by atoms with Crippen LogP contribution >= 0.6 is 0 Å². The molecule has 7 nitrogen and oxygen atoms in total. The second-order valence-corrected chi connectivity index (χ2v) is 10.8. The van der Waals surface area contributed by atoms with Gasteiger partial charge < -0.3 is 10.6 Å². The molecular formula is C31H38N6O. The molecule has 3 aromatic rings. The highest BCUT2D eigenvalue weighted by Gasteiger charge is 2.28. The summed E-state index contributed by atoms with van der Waals surface area (Å²) in [5, 5.41) is 13.6. The van der Waals surface area contributed by atoms with E-state index in [4.69, 9.17) is 0 Å². The Morgan fingerprint density at radius 2 is 1.92 bits per heavy atom. The molecule has 0 spiro atoms. The van der Waals surface area contributed by atoms with Crippen LogP contribution in [0, 0.1) is 5.92 Å². The number of nitrogens with zero attached hydrogens (tertiary/aromatic N) is 3. The number of likely N-dealkylation sites (tertiary alicyclic amines) is 1. The molecule has 1 saturated heterocycles. The van der Waals surface area contributed by atoms with Gasteiger partial charge in [0.2, 0.25) is 5.91 Å². The van der Waals surface area contributed by atoms with E-state index in [2.05, 4.69) is 69.3 Å². The van der Waals surface area contributed by atoms with Gasteiger partial charge in [0, 0.05) is 41.7 Å². The van der Waals surface area contributed by atoms with Crippen molar-refractivity contribution in [2.24, 2.45) is 5.92 Å². The predicted octanol–water partition coefficient (Wildman–Crippen LogP) is 6.31. The maximum atomic E-state index is 13.3. The van der Waals surface area contributed by atoms with Crippen molar-refractivity contribution in [2.75, 3.05) is 30.3 Å². The summed E-state index contributed by atoms with van der Waals surface area (Å²) in [7, 11) is 0. The fourth-order valence-corrected chi connectivity index (χ4v) is 5.11. The highest BCUT2D eigenvalue weighted by Crippen LogP contribution is 2.39. The number of aromatic amines is 1. The first kappa shape index (κ1) is 25.9. The molecule has 3 heterocycles. The molecule has 1 unspecified atom stereocenters. The number of nitrogens with one attached hydrogen (secondary N) is 3. The van der Waals surface area contributed by atoms with Gasteiger partial charge in [-0.1, -0.05) is 50.8 Å². The van der Waals surface area contributed by atoms with Crippen LogP contribution in [0.5, 0.6) is 0 Å². The van der Waals surface area contributed by atoms with Crippen molar-refractivity contribution in [2.45, 2.75) is 51.4 Å². The second kappa shape index (κ2) is 11.8. The smallest absolute Gasteiger partial charge is 0.233 e. The zero-order valence-electron chi connectivity index (χ0n) is 22.4. The van der Waals surface area contributed by atoms with Crippen molar-refractivity contribution >= 4 is 17.5 Å². The van der Waals surface area contributed by atoms with Crippen molar-refractivity contribution in [3.05, 3.63) is 84.3 Å². The molecule has 2 fully saturated rings. The number of allylic oxidation sites excluding steroid dienone is 1. The highest BCUT2D eigenvalue weighted by molar-refractivity contribution is 5.95. The first-order chi connectivity index (χ1) is 18.5. The predicted molar refractivity (Wildman–Crippen MR) is 154 cm³/mol. The zero-order chi connectivity index (χ0) is 26.5. The average Bonchev–Trinajstić information content (AvgIpc) is 3.41. The normalized spacial score (nSPS) is 16.7. The SMILES string of the molecule is C=C(/C=C/CN1CCCC1)Nc1ccc(-c2cccc(C(C(=O)Nc3cc(C4CC4)[nH]n3)C(C)C)c2)cn1. The summed E-state index contributed by atoms with van der Waals surface area (Å²) in [5.41, 5.74) is 4.93. The third kappa shape index (κ3) is 6.58. The summed E-state index contributed by atoms with van der Waals surface area (Å²) >= 11 is 0. The first-order valence-electron chi connectivity index (χ1n) is 13.7. The van der Waals surface area contributed by atoms with E-state index in [1.54, 1.807) is 0 Å². The lowest BCUT2D eigenvalue weighted by atomic mass is 9.86. The van der Waals surface area contributed by atoms with Gasteiger partial charge in [-0.2, -0.15) is 5.10 Å². The Bertz CT molecular complexity index is 1280. The highest BCUT2D eigenvalue weighted by atomic mass is 16.2. The van der Waals surface area contributed by atoms with Crippen molar-refractivity contribution in [1.82, 2.24) is 20.1 Å². The summed E-state index contributed by atoms with van der Waals surface area (Å²) in [6.07, 6.45) is 11.0. The third-order valence-corrected chi connectivity index (χ3v) is 7.33. The molecule has 3 N–H and O–H groups in total. The molecule has 1 saturated carbocycles. The van der Waals surface area contributed by atoms with Gasteiger partial charge in [-0.3, -0.25) is 14.8 Å². The molecule has 1 amide bonds. The number of benzene rings is 1. The third-order valence-electron chi connectivity index (χ3n) is 7.33. The Morgan fingerprint density at radius 1 is 1.11 bits per heavy atom. The molecular weight excluding hydrogens is 472 g/mol. The van der Waals surface area contributed by atoms with Gasteiger partial charge >= 0.3 is 0 Å². The molecule has 1 aliphatic carbocycles. The number of anilines is 2. The van der Waals surface area contributed by atoms with Gasteiger partial charge in [-0.05, 0) is 74.0 Å². The number of hydrogen-bond donors (Lipinski definition) is 3. The number of carbonyl (C=O) groups is 1. The van der Waals surface area contributed by atoms with Gasteiger partial charge in [0.15, 0.2) is 5.82 Å². The van der Waals surface area contributed by atoms with E-state index in [1.165, 1.54) is 38.8 Å². The van der Waals surface area contributed by atoms with E-state index in [-0.39, 0.29) is 17.7 Å². The minimum atomic E-state index is -0.291. The Labute approximate surface area is 225 Å². The maximum Gasteiger partial charge on any atom is 0.233 e. The lowest BCUT2D eigenvalue weighted by Crippen LogP contribution is -2.25. The van der Waals surface area contributed by atoms with Crippen LogP contribution in [0.2, 0.25) is 0 Å². The Kier molecular flexibility index (Phi) is 8.03. The molecule has 0 radical (unpaired) electrons. The van der Waals surface area contributed by atoms with Gasteiger partial charge in [-0.25, -0.2) is 4.98 Å². The van der Waals surface area contributed by atoms with Crippen molar-refractivity contribution < 1.29 is 4.79 Å². The molecule has 198 valence electrons. The minimum Gasteiger partial charge on any atom is -0.341 e. The van der Waals surface area contributed by atoms with Crippen LogP contribution < -0.4 is 10.6 Å².